The molecule has 1 aliphatic heterocycles. The molecule has 1 aromatic rings. The van der Waals surface area contributed by atoms with Crippen molar-refractivity contribution in [2.24, 2.45) is 0 Å². The third kappa shape index (κ3) is 3.30. The van der Waals surface area contributed by atoms with Crippen LogP contribution in [0.15, 0.2) is 12.3 Å². The number of piperazine rings is 1. The average Bonchev–Trinajstić information content (AvgIpc) is 2.38. The molecule has 7 heteroatoms. The molecule has 2 heterocycles. The molecular weight excluding hydrogens is 279 g/mol. The molecule has 0 spiro atoms. The Labute approximate surface area is 115 Å². The lowest BCUT2D eigenvalue weighted by atomic mass is 10.2. The van der Waals surface area contributed by atoms with E-state index in [9.17, 15) is 13.2 Å². The van der Waals surface area contributed by atoms with E-state index in [0.717, 1.165) is 45.0 Å². The van der Waals surface area contributed by atoms with Gasteiger partial charge in [-0.2, -0.15) is 13.2 Å². The fourth-order valence-corrected chi connectivity index (χ4v) is 2.38. The highest BCUT2D eigenvalue weighted by Crippen LogP contribution is 2.33. The molecule has 19 heavy (non-hydrogen) atoms. The van der Waals surface area contributed by atoms with Crippen LogP contribution in [0.25, 0.3) is 0 Å². The largest absolute Gasteiger partial charge is 0.417 e. The van der Waals surface area contributed by atoms with E-state index in [1.807, 2.05) is 4.90 Å². The summed E-state index contributed by atoms with van der Waals surface area (Å²) in [6.07, 6.45) is -3.57. The van der Waals surface area contributed by atoms with Gasteiger partial charge in [0.2, 0.25) is 0 Å². The number of nitrogens with zero attached hydrogens (tertiary/aromatic N) is 3. The van der Waals surface area contributed by atoms with Crippen LogP contribution in [-0.4, -0.2) is 42.6 Å². The summed E-state index contributed by atoms with van der Waals surface area (Å²) >= 11 is 5.92. The van der Waals surface area contributed by atoms with Gasteiger partial charge >= 0.3 is 6.18 Å². The van der Waals surface area contributed by atoms with Crippen molar-refractivity contribution in [1.29, 1.82) is 0 Å². The van der Waals surface area contributed by atoms with E-state index in [4.69, 9.17) is 11.6 Å². The lowest BCUT2D eigenvalue weighted by molar-refractivity contribution is -0.137. The molecule has 1 aliphatic rings. The highest BCUT2D eigenvalue weighted by molar-refractivity contribution is 6.33. The fraction of sp³-hybridized carbons (Fsp3) is 0.583. The second-order valence-electron chi connectivity index (χ2n) is 4.45. The summed E-state index contributed by atoms with van der Waals surface area (Å²) < 4.78 is 37.6. The molecule has 0 N–H and O–H groups in total. The predicted octanol–water partition coefficient (Wildman–Crippen LogP) is 2.90. The monoisotopic (exact) mass is 293 g/mol. The third-order valence-corrected chi connectivity index (χ3v) is 3.55. The molecule has 0 bridgehead atoms. The van der Waals surface area contributed by atoms with Gasteiger partial charge in [-0.1, -0.05) is 18.5 Å². The van der Waals surface area contributed by atoms with E-state index in [1.165, 1.54) is 0 Å². The number of halogens is 4. The number of rotatable bonds is 2. The molecule has 1 aromatic heterocycles. The van der Waals surface area contributed by atoms with Gasteiger partial charge in [-0.25, -0.2) is 4.98 Å². The maximum atomic E-state index is 12.5. The zero-order valence-electron chi connectivity index (χ0n) is 10.5. The topological polar surface area (TPSA) is 19.4 Å². The lowest BCUT2D eigenvalue weighted by Crippen LogP contribution is -2.46. The van der Waals surface area contributed by atoms with Gasteiger partial charge in [-0.3, -0.25) is 0 Å². The van der Waals surface area contributed by atoms with Gasteiger partial charge in [-0.05, 0) is 12.6 Å². The number of hydrogen-bond donors (Lipinski definition) is 0. The molecule has 0 saturated carbocycles. The fourth-order valence-electron chi connectivity index (χ4n) is 2.09. The summed E-state index contributed by atoms with van der Waals surface area (Å²) in [7, 11) is 0. The van der Waals surface area contributed by atoms with Gasteiger partial charge in [0.1, 0.15) is 5.82 Å². The Morgan fingerprint density at radius 2 is 1.89 bits per heavy atom. The first-order valence-corrected chi connectivity index (χ1v) is 6.49. The van der Waals surface area contributed by atoms with Crippen molar-refractivity contribution in [1.82, 2.24) is 9.88 Å². The maximum absolute atomic E-state index is 12.5. The Bertz CT molecular complexity index is 442. The third-order valence-electron chi connectivity index (χ3n) is 3.27. The smallest absolute Gasteiger partial charge is 0.353 e. The van der Waals surface area contributed by atoms with Gasteiger partial charge in [0, 0.05) is 32.4 Å². The van der Waals surface area contributed by atoms with Crippen LogP contribution in [0.5, 0.6) is 0 Å². The normalized spacial score (nSPS) is 17.8. The molecule has 0 radical (unpaired) electrons. The molecule has 1 fully saturated rings. The molecule has 0 atom stereocenters. The zero-order chi connectivity index (χ0) is 14.0. The first-order chi connectivity index (χ1) is 8.91. The number of likely N-dealkylation sites (N-methyl/N-ethyl adjacent to an activating group) is 1. The van der Waals surface area contributed by atoms with Crippen molar-refractivity contribution in [3.8, 4) is 0 Å². The quantitative estimate of drug-likeness (QED) is 0.836. The van der Waals surface area contributed by atoms with Crippen LogP contribution >= 0.6 is 11.6 Å². The summed E-state index contributed by atoms with van der Waals surface area (Å²) in [4.78, 5) is 8.07. The highest BCUT2D eigenvalue weighted by atomic mass is 35.5. The van der Waals surface area contributed by atoms with Crippen LogP contribution in [0, 0.1) is 0 Å². The molecule has 0 amide bonds. The number of hydrogen-bond acceptors (Lipinski definition) is 3. The van der Waals surface area contributed by atoms with E-state index in [-0.39, 0.29) is 5.02 Å². The van der Waals surface area contributed by atoms with E-state index in [0.29, 0.717) is 5.82 Å². The molecule has 0 aromatic carbocycles. The van der Waals surface area contributed by atoms with Crippen molar-refractivity contribution in [3.05, 3.63) is 22.8 Å². The minimum absolute atomic E-state index is 0.0553. The summed E-state index contributed by atoms with van der Waals surface area (Å²) in [5, 5.41) is 0.0553. The minimum atomic E-state index is -4.41. The van der Waals surface area contributed by atoms with E-state index in [2.05, 4.69) is 16.8 Å². The predicted molar refractivity (Wildman–Crippen MR) is 68.6 cm³/mol. The molecule has 0 unspecified atom stereocenters. The Morgan fingerprint density at radius 3 is 2.37 bits per heavy atom. The summed E-state index contributed by atoms with van der Waals surface area (Å²) in [5.74, 6) is 0.436. The van der Waals surface area contributed by atoms with Crippen molar-refractivity contribution in [2.75, 3.05) is 37.6 Å². The molecular formula is C12H15ClF3N3. The van der Waals surface area contributed by atoms with Crippen molar-refractivity contribution < 1.29 is 13.2 Å². The summed E-state index contributed by atoms with van der Waals surface area (Å²) in [5.41, 5.74) is -0.812. The summed E-state index contributed by atoms with van der Waals surface area (Å²) in [6, 6.07) is 0.941. The van der Waals surface area contributed by atoms with Gasteiger partial charge in [0.25, 0.3) is 0 Å². The molecule has 106 valence electrons. The number of anilines is 1. The van der Waals surface area contributed by atoms with Gasteiger partial charge in [0.15, 0.2) is 0 Å². The second-order valence-corrected chi connectivity index (χ2v) is 4.86. The zero-order valence-corrected chi connectivity index (χ0v) is 11.3. The number of pyridine rings is 1. The van der Waals surface area contributed by atoms with Crippen LogP contribution in [0.4, 0.5) is 19.0 Å². The van der Waals surface area contributed by atoms with E-state index >= 15 is 0 Å². The van der Waals surface area contributed by atoms with Crippen LogP contribution in [-0.2, 0) is 6.18 Å². The van der Waals surface area contributed by atoms with Crippen LogP contribution in [0.3, 0.4) is 0 Å². The van der Waals surface area contributed by atoms with Crippen LogP contribution < -0.4 is 4.90 Å². The highest BCUT2D eigenvalue weighted by Gasteiger charge is 2.32. The molecule has 0 aliphatic carbocycles. The minimum Gasteiger partial charge on any atom is -0.353 e. The first kappa shape index (κ1) is 14.4. The SMILES string of the molecule is CCN1CCN(c2ncc(C(F)(F)F)cc2Cl)CC1. The number of aromatic nitrogens is 1. The maximum Gasteiger partial charge on any atom is 0.417 e. The van der Waals surface area contributed by atoms with Gasteiger partial charge in [-0.15, -0.1) is 0 Å². The summed E-state index contributed by atoms with van der Waals surface area (Å²) in [6.45, 7) is 6.25. The molecule has 2 rings (SSSR count). The molecule has 1 saturated heterocycles. The second kappa shape index (κ2) is 5.54. The van der Waals surface area contributed by atoms with Crippen molar-refractivity contribution in [3.63, 3.8) is 0 Å². The Balaban J connectivity index is 2.14. The van der Waals surface area contributed by atoms with E-state index < -0.39 is 11.7 Å². The van der Waals surface area contributed by atoms with Gasteiger partial charge < -0.3 is 9.80 Å². The lowest BCUT2D eigenvalue weighted by Gasteiger charge is -2.35. The van der Waals surface area contributed by atoms with Crippen LogP contribution in [0.1, 0.15) is 12.5 Å². The van der Waals surface area contributed by atoms with E-state index in [1.54, 1.807) is 0 Å². The standard InChI is InChI=1S/C12H15ClF3N3/c1-2-18-3-5-19(6-4-18)11-10(13)7-9(8-17-11)12(14,15)16/h7-8H,2-6H2,1H3. The van der Waals surface area contributed by atoms with Crippen LogP contribution in [0.2, 0.25) is 5.02 Å². The van der Waals surface area contributed by atoms with Crippen molar-refractivity contribution >= 4 is 17.4 Å². The van der Waals surface area contributed by atoms with Gasteiger partial charge in [0.05, 0.1) is 10.6 Å². The Morgan fingerprint density at radius 1 is 1.26 bits per heavy atom. The first-order valence-electron chi connectivity index (χ1n) is 6.12. The average molecular weight is 294 g/mol. The molecule has 3 nitrogen and oxygen atoms in total. The number of alkyl halides is 3. The Kier molecular flexibility index (Phi) is 4.20. The van der Waals surface area contributed by atoms with Crippen molar-refractivity contribution in [2.45, 2.75) is 13.1 Å². The Hall–Kier alpha value is -1.01.